The predicted octanol–water partition coefficient (Wildman–Crippen LogP) is 2.83. The molecule has 1 aromatic heterocycles. The number of amides is 1. The lowest BCUT2D eigenvalue weighted by Crippen LogP contribution is -2.46. The second-order valence-electron chi connectivity index (χ2n) is 10.4. The predicted molar refractivity (Wildman–Crippen MR) is 132 cm³/mol. The number of benzene rings is 1. The van der Waals surface area contributed by atoms with Gasteiger partial charge in [0.2, 0.25) is 0 Å². The van der Waals surface area contributed by atoms with Gasteiger partial charge in [-0.25, -0.2) is 4.98 Å². The number of carbonyl (C=O) groups is 1. The molecule has 34 heavy (non-hydrogen) atoms. The molecule has 1 aromatic carbocycles. The molecule has 0 saturated carbocycles. The lowest BCUT2D eigenvalue weighted by atomic mass is 10.0. The van der Waals surface area contributed by atoms with Crippen LogP contribution in [0.1, 0.15) is 52.7 Å². The summed E-state index contributed by atoms with van der Waals surface area (Å²) in [6.07, 6.45) is 7.81. The minimum absolute atomic E-state index is 0.173. The van der Waals surface area contributed by atoms with Crippen molar-refractivity contribution in [3.63, 3.8) is 0 Å². The molecule has 180 valence electrons. The van der Waals surface area contributed by atoms with Gasteiger partial charge in [0, 0.05) is 64.1 Å². The van der Waals surface area contributed by atoms with Crippen molar-refractivity contribution in [3.8, 4) is 5.75 Å². The summed E-state index contributed by atoms with van der Waals surface area (Å²) < 4.78 is 6.38. The third-order valence-corrected chi connectivity index (χ3v) is 7.86. The van der Waals surface area contributed by atoms with Crippen LogP contribution in [0.4, 0.5) is 5.82 Å². The van der Waals surface area contributed by atoms with E-state index in [1.54, 1.807) is 0 Å². The number of nitrogens with one attached hydrogen (secondary N) is 1. The Hall–Kier alpha value is -2.64. The van der Waals surface area contributed by atoms with Gasteiger partial charge >= 0.3 is 0 Å². The summed E-state index contributed by atoms with van der Waals surface area (Å²) in [6.45, 7) is 6.64. The fraction of sp³-hybridized carbons (Fsp3) is 0.556. The van der Waals surface area contributed by atoms with Crippen LogP contribution < -0.4 is 15.0 Å². The molecule has 1 amide bonds. The van der Waals surface area contributed by atoms with Gasteiger partial charge in [0.05, 0.1) is 0 Å². The molecule has 2 atom stereocenters. The standard InChI is InChI=1S/C27H35N5O2/c1-30-10-3-4-20-12-19(14-29-26(20)30)16-31-11-8-24(18-31)34-23-6-7-25-21(13-23)17-32(27(25)33)22-5-2-9-28-15-22/h6-7,12-14,22,24,28H,2-5,8-11,15-18H2,1H3/t22?,24-/m0/s1. The van der Waals surface area contributed by atoms with Crippen LogP contribution in [0.25, 0.3) is 0 Å². The Labute approximate surface area is 202 Å². The smallest absolute Gasteiger partial charge is 0.254 e. The molecule has 0 spiro atoms. The lowest BCUT2D eigenvalue weighted by molar-refractivity contribution is 0.0674. The summed E-state index contributed by atoms with van der Waals surface area (Å²) in [5, 5.41) is 3.43. The number of hydrogen-bond acceptors (Lipinski definition) is 6. The number of aromatic nitrogens is 1. The number of likely N-dealkylation sites (tertiary alicyclic amines) is 1. The van der Waals surface area contributed by atoms with Crippen LogP contribution in [0.15, 0.2) is 30.5 Å². The van der Waals surface area contributed by atoms with E-state index in [0.29, 0.717) is 12.6 Å². The van der Waals surface area contributed by atoms with Crippen LogP contribution in [-0.4, -0.2) is 72.6 Å². The van der Waals surface area contributed by atoms with Gasteiger partial charge in [-0.3, -0.25) is 9.69 Å². The average molecular weight is 462 g/mol. The number of carbonyl (C=O) groups excluding carboxylic acids is 1. The number of ether oxygens (including phenoxy) is 1. The Morgan fingerprint density at radius 3 is 2.97 bits per heavy atom. The highest BCUT2D eigenvalue weighted by Crippen LogP contribution is 2.31. The van der Waals surface area contributed by atoms with Gasteiger partial charge in [-0.1, -0.05) is 0 Å². The first kappa shape index (κ1) is 21.9. The second kappa shape index (κ2) is 9.19. The zero-order valence-electron chi connectivity index (χ0n) is 20.1. The van der Waals surface area contributed by atoms with Gasteiger partial charge < -0.3 is 19.9 Å². The van der Waals surface area contributed by atoms with Crippen LogP contribution >= 0.6 is 0 Å². The highest BCUT2D eigenvalue weighted by Gasteiger charge is 2.34. The van der Waals surface area contributed by atoms with E-state index in [-0.39, 0.29) is 12.0 Å². The summed E-state index contributed by atoms with van der Waals surface area (Å²) in [4.78, 5) is 24.4. The number of piperidine rings is 1. The molecule has 4 aliphatic rings. The molecular formula is C27H35N5O2. The maximum atomic E-state index is 12.9. The van der Waals surface area contributed by atoms with E-state index in [9.17, 15) is 4.79 Å². The number of fused-ring (bicyclic) bond motifs is 2. The summed E-state index contributed by atoms with van der Waals surface area (Å²) in [5.74, 6) is 2.21. The molecule has 2 saturated heterocycles. The average Bonchev–Trinajstić information content (AvgIpc) is 3.43. The molecule has 7 heteroatoms. The van der Waals surface area contributed by atoms with Crippen LogP contribution in [0.5, 0.6) is 5.75 Å². The molecule has 0 bridgehead atoms. The van der Waals surface area contributed by atoms with E-state index in [4.69, 9.17) is 9.72 Å². The fourth-order valence-corrected chi connectivity index (χ4v) is 6.05. The molecular weight excluding hydrogens is 426 g/mol. The molecule has 2 fully saturated rings. The normalized spacial score (nSPS) is 24.9. The Balaban J connectivity index is 1.06. The lowest BCUT2D eigenvalue weighted by Gasteiger charge is -2.31. The maximum absolute atomic E-state index is 12.9. The van der Waals surface area contributed by atoms with Crippen molar-refractivity contribution in [1.82, 2.24) is 20.1 Å². The number of anilines is 1. The number of aryl methyl sites for hydroxylation is 1. The molecule has 7 nitrogen and oxygen atoms in total. The van der Waals surface area contributed by atoms with Crippen molar-refractivity contribution in [2.45, 2.75) is 57.3 Å². The molecule has 0 aliphatic carbocycles. The number of hydrogen-bond donors (Lipinski definition) is 1. The molecule has 4 aliphatic heterocycles. The summed E-state index contributed by atoms with van der Waals surface area (Å²) in [6, 6.07) is 8.69. The van der Waals surface area contributed by atoms with Gasteiger partial charge in [-0.05, 0) is 79.6 Å². The van der Waals surface area contributed by atoms with E-state index in [2.05, 4.69) is 34.3 Å². The van der Waals surface area contributed by atoms with Gasteiger partial charge in [0.15, 0.2) is 0 Å². The third-order valence-electron chi connectivity index (χ3n) is 7.86. The Kier molecular flexibility index (Phi) is 5.91. The topological polar surface area (TPSA) is 60.9 Å². The maximum Gasteiger partial charge on any atom is 0.254 e. The largest absolute Gasteiger partial charge is 0.489 e. The summed E-state index contributed by atoms with van der Waals surface area (Å²) in [5.41, 5.74) is 4.62. The van der Waals surface area contributed by atoms with Gasteiger partial charge in [0.25, 0.3) is 5.91 Å². The van der Waals surface area contributed by atoms with Crippen molar-refractivity contribution in [2.24, 2.45) is 0 Å². The minimum Gasteiger partial charge on any atom is -0.489 e. The molecule has 1 unspecified atom stereocenters. The van der Waals surface area contributed by atoms with E-state index in [1.807, 2.05) is 23.2 Å². The van der Waals surface area contributed by atoms with Crippen LogP contribution in [0.3, 0.4) is 0 Å². The van der Waals surface area contributed by atoms with Crippen LogP contribution in [-0.2, 0) is 19.5 Å². The quantitative estimate of drug-likeness (QED) is 0.739. The van der Waals surface area contributed by atoms with Crippen molar-refractivity contribution < 1.29 is 9.53 Å². The highest BCUT2D eigenvalue weighted by molar-refractivity contribution is 5.98. The van der Waals surface area contributed by atoms with E-state index >= 15 is 0 Å². The van der Waals surface area contributed by atoms with Crippen molar-refractivity contribution in [3.05, 3.63) is 52.7 Å². The Bertz CT molecular complexity index is 1070. The Morgan fingerprint density at radius 1 is 1.15 bits per heavy atom. The van der Waals surface area contributed by atoms with Gasteiger partial charge in [-0.15, -0.1) is 0 Å². The highest BCUT2D eigenvalue weighted by atomic mass is 16.5. The first-order chi connectivity index (χ1) is 16.6. The van der Waals surface area contributed by atoms with Gasteiger partial charge in [0.1, 0.15) is 17.7 Å². The zero-order chi connectivity index (χ0) is 23.1. The molecule has 5 heterocycles. The SMILES string of the molecule is CN1CCCc2cc(CN3CC[C@H](Oc4ccc5c(c4)CN(C4CCCNC4)C5=O)C3)cnc21. The third kappa shape index (κ3) is 4.27. The molecule has 0 radical (unpaired) electrons. The summed E-state index contributed by atoms with van der Waals surface area (Å²) >= 11 is 0. The first-order valence-electron chi connectivity index (χ1n) is 12.9. The monoisotopic (exact) mass is 461 g/mol. The minimum atomic E-state index is 0.173. The first-order valence-corrected chi connectivity index (χ1v) is 12.9. The number of nitrogens with zero attached hydrogens (tertiary/aromatic N) is 4. The zero-order valence-corrected chi connectivity index (χ0v) is 20.1. The molecule has 6 rings (SSSR count). The van der Waals surface area contributed by atoms with Crippen molar-refractivity contribution in [1.29, 1.82) is 0 Å². The number of pyridine rings is 1. The Morgan fingerprint density at radius 2 is 2.09 bits per heavy atom. The molecule has 1 N–H and O–H groups in total. The fourth-order valence-electron chi connectivity index (χ4n) is 6.05. The van der Waals surface area contributed by atoms with Gasteiger partial charge in [-0.2, -0.15) is 0 Å². The van der Waals surface area contributed by atoms with Crippen molar-refractivity contribution in [2.75, 3.05) is 44.7 Å². The van der Waals surface area contributed by atoms with E-state index in [1.165, 1.54) is 17.5 Å². The number of rotatable bonds is 5. The summed E-state index contributed by atoms with van der Waals surface area (Å²) in [7, 11) is 2.13. The van der Waals surface area contributed by atoms with Crippen LogP contribution in [0.2, 0.25) is 0 Å². The van der Waals surface area contributed by atoms with E-state index < -0.39 is 0 Å². The van der Waals surface area contributed by atoms with Crippen molar-refractivity contribution >= 4 is 11.7 Å². The second-order valence-corrected chi connectivity index (χ2v) is 10.4. The van der Waals surface area contributed by atoms with E-state index in [0.717, 1.165) is 87.6 Å². The van der Waals surface area contributed by atoms with Crippen LogP contribution in [0, 0.1) is 0 Å². The molecule has 2 aromatic rings.